The van der Waals surface area contributed by atoms with Crippen molar-refractivity contribution in [1.82, 2.24) is 23.9 Å². The van der Waals surface area contributed by atoms with Crippen molar-refractivity contribution in [2.75, 3.05) is 6.61 Å². The van der Waals surface area contributed by atoms with E-state index in [1.807, 2.05) is 31.2 Å². The second-order valence-electron chi connectivity index (χ2n) is 7.92. The average molecular weight is 546 g/mol. The number of aromatic nitrogens is 5. The number of hydrogen-bond acceptors (Lipinski definition) is 8. The number of hydrogen-bond donors (Lipinski definition) is 1. The molecule has 0 saturated carbocycles. The van der Waals surface area contributed by atoms with E-state index in [0.29, 0.717) is 28.0 Å². The monoisotopic (exact) mass is 545 g/mol. The molecule has 0 aliphatic rings. The van der Waals surface area contributed by atoms with Gasteiger partial charge < -0.3 is 14.6 Å². The Morgan fingerprint density at radius 2 is 1.97 bits per heavy atom. The van der Waals surface area contributed by atoms with Crippen LogP contribution < -0.4 is 9.47 Å². The first-order chi connectivity index (χ1) is 17.4. The Morgan fingerprint density at radius 3 is 2.78 bits per heavy atom. The summed E-state index contributed by atoms with van der Waals surface area (Å²) in [6, 6.07) is 9.23. The predicted molar refractivity (Wildman–Crippen MR) is 138 cm³/mol. The maximum absolute atomic E-state index is 13.6. The van der Waals surface area contributed by atoms with E-state index >= 15 is 0 Å². The highest BCUT2D eigenvalue weighted by Gasteiger charge is 2.18. The molecule has 0 aliphatic carbocycles. The Labute approximate surface area is 219 Å². The summed E-state index contributed by atoms with van der Waals surface area (Å²) >= 11 is 12.3. The SMILES string of the molecule is CC(COc1cncc(CO)c1)Oc1cnc2ccc(-c3cn(SF)c4nc(Cl)nc(Cl)c34)cc2c1. The summed E-state index contributed by atoms with van der Waals surface area (Å²) < 4.78 is 26.5. The smallest absolute Gasteiger partial charge is 0.225 e. The molecule has 5 aromatic rings. The van der Waals surface area contributed by atoms with E-state index in [-0.39, 0.29) is 47.7 Å². The summed E-state index contributed by atoms with van der Waals surface area (Å²) in [5, 5.41) is 10.6. The van der Waals surface area contributed by atoms with Gasteiger partial charge in [-0.1, -0.05) is 17.7 Å². The van der Waals surface area contributed by atoms with Crippen molar-refractivity contribution in [2.45, 2.75) is 19.6 Å². The third-order valence-corrected chi connectivity index (χ3v) is 6.23. The van der Waals surface area contributed by atoms with Gasteiger partial charge in [-0.25, -0.2) is 8.96 Å². The van der Waals surface area contributed by atoms with Gasteiger partial charge in [0.15, 0.2) is 18.0 Å². The number of ether oxygens (including phenoxy) is 2. The molecule has 1 unspecified atom stereocenters. The predicted octanol–water partition coefficient (Wildman–Crippen LogP) is 6.07. The molecule has 4 heterocycles. The van der Waals surface area contributed by atoms with Crippen LogP contribution in [0.4, 0.5) is 3.89 Å². The minimum atomic E-state index is -0.287. The van der Waals surface area contributed by atoms with Crippen LogP contribution in [0.15, 0.2) is 55.1 Å². The van der Waals surface area contributed by atoms with Crippen LogP contribution in [-0.4, -0.2) is 41.7 Å². The van der Waals surface area contributed by atoms with Crippen LogP contribution in [0, 0.1) is 0 Å². The van der Waals surface area contributed by atoms with Crippen molar-refractivity contribution in [3.63, 3.8) is 0 Å². The van der Waals surface area contributed by atoms with Crippen molar-refractivity contribution in [2.24, 2.45) is 0 Å². The summed E-state index contributed by atoms with van der Waals surface area (Å²) in [6.45, 7) is 2.04. The molecule has 0 spiro atoms. The van der Waals surface area contributed by atoms with Crippen LogP contribution in [0.2, 0.25) is 10.4 Å². The number of nitrogens with zero attached hydrogens (tertiary/aromatic N) is 5. The molecule has 4 aromatic heterocycles. The van der Waals surface area contributed by atoms with Crippen molar-refractivity contribution >= 4 is 57.5 Å². The second kappa shape index (κ2) is 10.4. The molecule has 5 rings (SSSR count). The molecule has 8 nitrogen and oxygen atoms in total. The highest BCUT2D eigenvalue weighted by Crippen LogP contribution is 2.37. The molecule has 0 radical (unpaired) electrons. The number of aliphatic hydroxyl groups excluding tert-OH is 1. The molecule has 36 heavy (non-hydrogen) atoms. The van der Waals surface area contributed by atoms with Gasteiger partial charge in [-0.15, -0.1) is 3.89 Å². The van der Waals surface area contributed by atoms with E-state index in [2.05, 4.69) is 19.9 Å². The van der Waals surface area contributed by atoms with E-state index in [0.717, 1.165) is 16.5 Å². The summed E-state index contributed by atoms with van der Waals surface area (Å²) in [6.07, 6.45) is 6.11. The molecule has 184 valence electrons. The molecular weight excluding hydrogens is 528 g/mol. The first-order valence-corrected chi connectivity index (χ1v) is 12.2. The van der Waals surface area contributed by atoms with Gasteiger partial charge in [-0.3, -0.25) is 9.97 Å². The third-order valence-electron chi connectivity index (χ3n) is 5.36. The zero-order chi connectivity index (χ0) is 25.2. The average Bonchev–Trinajstić information content (AvgIpc) is 3.26. The maximum atomic E-state index is 13.6. The fourth-order valence-electron chi connectivity index (χ4n) is 3.76. The third kappa shape index (κ3) is 5.03. The highest BCUT2D eigenvalue weighted by molar-refractivity contribution is 7.92. The lowest BCUT2D eigenvalue weighted by Gasteiger charge is -2.16. The minimum absolute atomic E-state index is 0.00237. The first kappa shape index (κ1) is 24.5. The molecule has 0 fully saturated rings. The first-order valence-electron chi connectivity index (χ1n) is 10.7. The zero-order valence-electron chi connectivity index (χ0n) is 18.7. The lowest BCUT2D eigenvalue weighted by atomic mass is 10.0. The Morgan fingerprint density at radius 1 is 1.11 bits per heavy atom. The molecule has 0 bridgehead atoms. The van der Waals surface area contributed by atoms with Crippen LogP contribution in [0.1, 0.15) is 12.5 Å². The second-order valence-corrected chi connectivity index (χ2v) is 9.15. The number of halogens is 3. The van der Waals surface area contributed by atoms with Crippen molar-refractivity contribution < 1.29 is 18.5 Å². The Balaban J connectivity index is 1.40. The van der Waals surface area contributed by atoms with Gasteiger partial charge in [0.2, 0.25) is 5.28 Å². The fourth-order valence-corrected chi connectivity index (χ4v) is 4.57. The van der Waals surface area contributed by atoms with Gasteiger partial charge in [0.25, 0.3) is 0 Å². The summed E-state index contributed by atoms with van der Waals surface area (Å²) in [4.78, 5) is 16.7. The topological polar surface area (TPSA) is 95.2 Å². The standard InChI is InChI=1S/C24H18Cl2FN5O3S/c1-13(12-34-17-4-14(11-33)7-28-8-17)35-18-6-16-5-15(2-3-20(16)29-9-18)19-10-32(36-27)23-21(19)22(25)30-24(26)31-23/h2-10,13,33H,11-12H2,1H3. The molecule has 12 heteroatoms. The molecule has 1 N–H and O–H groups in total. The van der Waals surface area contributed by atoms with E-state index in [1.54, 1.807) is 30.9 Å². The number of aliphatic hydroxyl groups is 1. The molecular formula is C24H18Cl2FN5O3S. The van der Waals surface area contributed by atoms with Crippen LogP contribution in [0.5, 0.6) is 11.5 Å². The van der Waals surface area contributed by atoms with E-state index in [9.17, 15) is 8.99 Å². The number of fused-ring (bicyclic) bond motifs is 2. The summed E-state index contributed by atoms with van der Waals surface area (Å²) in [5.74, 6) is 1.11. The van der Waals surface area contributed by atoms with Crippen LogP contribution in [-0.2, 0) is 6.61 Å². The Kier molecular flexibility index (Phi) is 7.10. The van der Waals surface area contributed by atoms with Gasteiger partial charge in [-0.2, -0.15) is 4.98 Å². The number of rotatable bonds is 8. The van der Waals surface area contributed by atoms with Gasteiger partial charge in [0, 0.05) is 23.3 Å². The molecule has 0 saturated heterocycles. The molecule has 0 amide bonds. The lowest BCUT2D eigenvalue weighted by molar-refractivity contribution is 0.142. The van der Waals surface area contributed by atoms with E-state index in [1.165, 1.54) is 3.97 Å². The highest BCUT2D eigenvalue weighted by atomic mass is 35.5. The number of benzene rings is 1. The van der Waals surface area contributed by atoms with Gasteiger partial charge in [0.1, 0.15) is 29.4 Å². The van der Waals surface area contributed by atoms with Crippen LogP contribution in [0.25, 0.3) is 33.1 Å². The normalized spacial score (nSPS) is 12.2. The Bertz CT molecular complexity index is 1570. The minimum Gasteiger partial charge on any atom is -0.488 e. The molecule has 1 aromatic carbocycles. The van der Waals surface area contributed by atoms with Crippen LogP contribution >= 0.6 is 35.5 Å². The molecule has 0 aliphatic heterocycles. The maximum Gasteiger partial charge on any atom is 0.225 e. The van der Waals surface area contributed by atoms with Gasteiger partial charge in [-0.05, 0) is 53.9 Å². The summed E-state index contributed by atoms with van der Waals surface area (Å²) in [5.41, 5.74) is 3.15. The van der Waals surface area contributed by atoms with Crippen molar-refractivity contribution in [3.05, 3.63) is 71.1 Å². The fraction of sp³-hybridized carbons (Fsp3) is 0.167. The zero-order valence-corrected chi connectivity index (χ0v) is 21.1. The van der Waals surface area contributed by atoms with Gasteiger partial charge >= 0.3 is 0 Å². The van der Waals surface area contributed by atoms with Crippen molar-refractivity contribution in [1.29, 1.82) is 0 Å². The van der Waals surface area contributed by atoms with E-state index in [4.69, 9.17) is 32.7 Å². The quantitative estimate of drug-likeness (QED) is 0.185. The Hall–Kier alpha value is -3.18. The molecule has 1 atom stereocenters. The van der Waals surface area contributed by atoms with Crippen LogP contribution in [0.3, 0.4) is 0 Å². The largest absolute Gasteiger partial charge is 0.488 e. The number of pyridine rings is 2. The van der Waals surface area contributed by atoms with E-state index < -0.39 is 0 Å². The summed E-state index contributed by atoms with van der Waals surface area (Å²) in [7, 11) is 0. The van der Waals surface area contributed by atoms with Crippen molar-refractivity contribution in [3.8, 4) is 22.6 Å². The van der Waals surface area contributed by atoms with Gasteiger partial charge in [0.05, 0.1) is 29.9 Å². The lowest BCUT2D eigenvalue weighted by Crippen LogP contribution is -2.21.